The van der Waals surface area contributed by atoms with Gasteiger partial charge in [0.2, 0.25) is 0 Å². The number of amides is 1. The number of aryl methyl sites for hydroxylation is 1. The Kier molecular flexibility index (Phi) is 6.96. The van der Waals surface area contributed by atoms with Gasteiger partial charge in [0.1, 0.15) is 17.2 Å². The Hall–Kier alpha value is -4.11. The van der Waals surface area contributed by atoms with Crippen molar-refractivity contribution in [2.24, 2.45) is 0 Å². The van der Waals surface area contributed by atoms with Crippen LogP contribution in [-0.2, 0) is 0 Å². The lowest BCUT2D eigenvalue weighted by atomic mass is 10.0. The fourth-order valence-electron chi connectivity index (χ4n) is 4.31. The van der Waals surface area contributed by atoms with Crippen LogP contribution in [0.1, 0.15) is 16.1 Å². The fraction of sp³-hybridized carbons (Fsp3) is 0.222. The third kappa shape index (κ3) is 4.95. The number of benzene rings is 1. The summed E-state index contributed by atoms with van der Waals surface area (Å²) in [5, 5.41) is 0.408. The third-order valence-corrected chi connectivity index (χ3v) is 6.62. The second kappa shape index (κ2) is 10.5. The molecule has 4 aromatic rings. The molecule has 0 atom stereocenters. The number of hydrogen-bond acceptors (Lipinski definition) is 7. The Morgan fingerprint density at radius 1 is 1.03 bits per heavy atom. The van der Waals surface area contributed by atoms with E-state index in [4.69, 9.17) is 21.3 Å². The number of halogens is 2. The predicted molar refractivity (Wildman–Crippen MR) is 139 cm³/mol. The first kappa shape index (κ1) is 24.6. The SMILES string of the molecule is COc1ccc(-c2ncc(N3CCN(C(=O)c4ncccc4C)CC3)nc2-c2ccncc2Cl)cc1F. The number of anilines is 1. The van der Waals surface area contributed by atoms with Gasteiger partial charge in [0, 0.05) is 55.9 Å². The van der Waals surface area contributed by atoms with Gasteiger partial charge in [-0.2, -0.15) is 0 Å². The minimum absolute atomic E-state index is 0.0787. The van der Waals surface area contributed by atoms with Crippen LogP contribution in [0.15, 0.2) is 61.2 Å². The lowest BCUT2D eigenvalue weighted by Gasteiger charge is -2.35. The number of carbonyl (C=O) groups excluding carboxylic acids is 1. The van der Waals surface area contributed by atoms with Gasteiger partial charge in [0.05, 0.1) is 24.0 Å². The average Bonchev–Trinajstić information content (AvgIpc) is 2.93. The van der Waals surface area contributed by atoms with E-state index in [1.54, 1.807) is 41.7 Å². The first-order valence-corrected chi connectivity index (χ1v) is 12.1. The minimum Gasteiger partial charge on any atom is -0.494 e. The summed E-state index contributed by atoms with van der Waals surface area (Å²) in [6, 6.07) is 10.1. The molecule has 1 aliphatic heterocycles. The van der Waals surface area contributed by atoms with Gasteiger partial charge in [-0.1, -0.05) is 17.7 Å². The van der Waals surface area contributed by atoms with Crippen molar-refractivity contribution in [3.05, 3.63) is 83.3 Å². The molecule has 0 bridgehead atoms. The quantitative estimate of drug-likeness (QED) is 0.379. The number of nitrogens with zero attached hydrogens (tertiary/aromatic N) is 6. The molecule has 5 rings (SSSR count). The van der Waals surface area contributed by atoms with Gasteiger partial charge in [0.15, 0.2) is 11.6 Å². The molecule has 0 unspecified atom stereocenters. The molecule has 1 saturated heterocycles. The van der Waals surface area contributed by atoms with Crippen LogP contribution in [0.3, 0.4) is 0 Å². The highest BCUT2D eigenvalue weighted by molar-refractivity contribution is 6.33. The van der Waals surface area contributed by atoms with Crippen LogP contribution in [0.25, 0.3) is 22.5 Å². The molecule has 4 heterocycles. The van der Waals surface area contributed by atoms with Gasteiger partial charge in [-0.3, -0.25) is 19.7 Å². The van der Waals surface area contributed by atoms with Crippen molar-refractivity contribution < 1.29 is 13.9 Å². The van der Waals surface area contributed by atoms with Crippen molar-refractivity contribution in [3.8, 4) is 28.3 Å². The highest BCUT2D eigenvalue weighted by atomic mass is 35.5. The van der Waals surface area contributed by atoms with Crippen molar-refractivity contribution in [2.45, 2.75) is 6.92 Å². The van der Waals surface area contributed by atoms with E-state index in [1.807, 2.05) is 19.1 Å². The predicted octanol–water partition coefficient (Wildman–Crippen LogP) is 4.67. The van der Waals surface area contributed by atoms with Crippen molar-refractivity contribution in [2.75, 3.05) is 38.2 Å². The second-order valence-electron chi connectivity index (χ2n) is 8.58. The van der Waals surface area contributed by atoms with E-state index in [0.717, 1.165) is 5.56 Å². The molecule has 1 amide bonds. The maximum atomic E-state index is 14.5. The van der Waals surface area contributed by atoms with E-state index in [9.17, 15) is 9.18 Å². The fourth-order valence-corrected chi connectivity index (χ4v) is 4.52. The first-order chi connectivity index (χ1) is 18.0. The molecule has 1 aliphatic rings. The lowest BCUT2D eigenvalue weighted by molar-refractivity contribution is 0.0740. The smallest absolute Gasteiger partial charge is 0.272 e. The molecule has 0 saturated carbocycles. The summed E-state index contributed by atoms with van der Waals surface area (Å²) >= 11 is 6.47. The zero-order valence-corrected chi connectivity index (χ0v) is 21.1. The monoisotopic (exact) mass is 518 g/mol. The molecule has 37 heavy (non-hydrogen) atoms. The van der Waals surface area contributed by atoms with E-state index in [2.05, 4.69) is 19.9 Å². The Balaban J connectivity index is 1.44. The molecule has 0 N–H and O–H groups in total. The summed E-state index contributed by atoms with van der Waals surface area (Å²) in [5.41, 5.74) is 3.50. The summed E-state index contributed by atoms with van der Waals surface area (Å²) in [4.78, 5) is 34.7. The van der Waals surface area contributed by atoms with Crippen molar-refractivity contribution in [3.63, 3.8) is 0 Å². The molecule has 0 radical (unpaired) electrons. The number of rotatable bonds is 5. The summed E-state index contributed by atoms with van der Waals surface area (Å²) in [7, 11) is 1.42. The van der Waals surface area contributed by atoms with Gasteiger partial charge in [0.25, 0.3) is 5.91 Å². The van der Waals surface area contributed by atoms with Crippen LogP contribution in [0.5, 0.6) is 5.75 Å². The van der Waals surface area contributed by atoms with Crippen LogP contribution in [0, 0.1) is 12.7 Å². The highest BCUT2D eigenvalue weighted by Crippen LogP contribution is 2.35. The standard InChI is InChI=1S/C27H24ClFN6O2/c1-17-4-3-8-31-24(17)27(36)35-12-10-34(11-13-35)23-16-32-25(18-5-6-22(37-2)21(29)14-18)26(33-23)19-7-9-30-15-20(19)28/h3-9,14-16H,10-13H2,1-2H3. The number of methoxy groups -OCH3 is 1. The van der Waals surface area contributed by atoms with Crippen molar-refractivity contribution in [1.82, 2.24) is 24.8 Å². The van der Waals surface area contributed by atoms with E-state index in [1.165, 1.54) is 19.4 Å². The normalized spacial score (nSPS) is 13.5. The lowest BCUT2D eigenvalue weighted by Crippen LogP contribution is -2.49. The number of aromatic nitrogens is 4. The Morgan fingerprint density at radius 3 is 2.54 bits per heavy atom. The third-order valence-electron chi connectivity index (χ3n) is 6.32. The molecule has 0 spiro atoms. The number of hydrogen-bond donors (Lipinski definition) is 0. The average molecular weight is 519 g/mol. The summed E-state index contributed by atoms with van der Waals surface area (Å²) in [5.74, 6) is 0.207. The zero-order valence-electron chi connectivity index (χ0n) is 20.4. The van der Waals surface area contributed by atoms with Crippen LogP contribution >= 0.6 is 11.6 Å². The first-order valence-electron chi connectivity index (χ1n) is 11.7. The molecule has 10 heteroatoms. The van der Waals surface area contributed by atoms with Crippen LogP contribution in [-0.4, -0.2) is 64.0 Å². The van der Waals surface area contributed by atoms with E-state index >= 15 is 0 Å². The Bertz CT molecular complexity index is 1460. The summed E-state index contributed by atoms with van der Waals surface area (Å²) < 4.78 is 19.6. The number of pyridine rings is 2. The molecule has 1 fully saturated rings. The molecule has 1 aromatic carbocycles. The Labute approximate surface area is 218 Å². The van der Waals surface area contributed by atoms with Crippen molar-refractivity contribution in [1.29, 1.82) is 0 Å². The number of ether oxygens (including phenoxy) is 1. The molecule has 3 aromatic heterocycles. The number of carbonyl (C=O) groups is 1. The van der Waals surface area contributed by atoms with Crippen molar-refractivity contribution >= 4 is 23.3 Å². The Morgan fingerprint density at radius 2 is 1.84 bits per heavy atom. The molecule has 188 valence electrons. The maximum absolute atomic E-state index is 14.5. The molecular formula is C27H24ClFN6O2. The molecular weight excluding hydrogens is 495 g/mol. The van der Waals surface area contributed by atoms with E-state index in [-0.39, 0.29) is 11.7 Å². The highest BCUT2D eigenvalue weighted by Gasteiger charge is 2.26. The number of piperazine rings is 1. The van der Waals surface area contributed by atoms with Gasteiger partial charge in [-0.15, -0.1) is 0 Å². The van der Waals surface area contributed by atoms with Crippen LogP contribution in [0.4, 0.5) is 10.2 Å². The molecule has 0 aliphatic carbocycles. The second-order valence-corrected chi connectivity index (χ2v) is 8.99. The summed E-state index contributed by atoms with van der Waals surface area (Å²) in [6.45, 7) is 4.08. The van der Waals surface area contributed by atoms with E-state index < -0.39 is 5.82 Å². The van der Waals surface area contributed by atoms with Gasteiger partial charge < -0.3 is 14.5 Å². The molecule has 8 nitrogen and oxygen atoms in total. The van der Waals surface area contributed by atoms with Crippen LogP contribution in [0.2, 0.25) is 5.02 Å². The largest absolute Gasteiger partial charge is 0.494 e. The topological polar surface area (TPSA) is 84.3 Å². The maximum Gasteiger partial charge on any atom is 0.272 e. The van der Waals surface area contributed by atoms with Gasteiger partial charge in [-0.25, -0.2) is 9.37 Å². The minimum atomic E-state index is -0.499. The summed E-state index contributed by atoms with van der Waals surface area (Å²) in [6.07, 6.45) is 6.45. The zero-order chi connectivity index (χ0) is 25.9. The van der Waals surface area contributed by atoms with Gasteiger partial charge >= 0.3 is 0 Å². The van der Waals surface area contributed by atoms with Crippen LogP contribution < -0.4 is 9.64 Å². The van der Waals surface area contributed by atoms with E-state index in [0.29, 0.717) is 65.2 Å². The van der Waals surface area contributed by atoms with Gasteiger partial charge in [-0.05, 0) is 42.8 Å².